The molecule has 37 heavy (non-hydrogen) atoms. The SMILES string of the molecule is COc1ccc(C(CC(=O)NC2CCN(c3ncccn3)CC2)c2c(O)nc3ccccn3c2=O)cc1. The van der Waals surface area contributed by atoms with Gasteiger partial charge in [-0.1, -0.05) is 18.2 Å². The third-order valence-electron chi connectivity index (χ3n) is 6.70. The van der Waals surface area contributed by atoms with Gasteiger partial charge in [0.15, 0.2) is 0 Å². The molecule has 4 heterocycles. The normalized spacial score (nSPS) is 14.9. The van der Waals surface area contributed by atoms with E-state index in [9.17, 15) is 14.7 Å². The summed E-state index contributed by atoms with van der Waals surface area (Å²) in [6.07, 6.45) is 6.52. The Morgan fingerprint density at radius 2 is 1.84 bits per heavy atom. The number of fused-ring (bicyclic) bond motifs is 1. The fourth-order valence-corrected chi connectivity index (χ4v) is 4.77. The zero-order valence-electron chi connectivity index (χ0n) is 20.4. The number of ether oxygens (including phenoxy) is 1. The van der Waals surface area contributed by atoms with Crippen molar-refractivity contribution < 1.29 is 14.6 Å². The largest absolute Gasteiger partial charge is 0.497 e. The van der Waals surface area contributed by atoms with Crippen LogP contribution in [0.4, 0.5) is 5.95 Å². The Labute approximate surface area is 213 Å². The lowest BCUT2D eigenvalue weighted by Gasteiger charge is -2.32. The first-order valence-corrected chi connectivity index (χ1v) is 12.2. The molecule has 4 aromatic rings. The first-order valence-electron chi connectivity index (χ1n) is 12.2. The first kappa shape index (κ1) is 24.2. The van der Waals surface area contributed by atoms with E-state index in [1.54, 1.807) is 74.2 Å². The molecular formula is C27H28N6O4. The average Bonchev–Trinajstić information content (AvgIpc) is 2.93. The zero-order valence-corrected chi connectivity index (χ0v) is 20.4. The molecule has 1 atom stereocenters. The highest BCUT2D eigenvalue weighted by Gasteiger charge is 2.28. The Hall–Kier alpha value is -4.47. The maximum atomic E-state index is 13.4. The van der Waals surface area contributed by atoms with E-state index in [-0.39, 0.29) is 29.8 Å². The van der Waals surface area contributed by atoms with Gasteiger partial charge in [-0.05, 0) is 48.7 Å². The van der Waals surface area contributed by atoms with Crippen LogP contribution in [0.15, 0.2) is 71.9 Å². The monoisotopic (exact) mass is 500 g/mol. The Kier molecular flexibility index (Phi) is 6.98. The van der Waals surface area contributed by atoms with Crippen LogP contribution >= 0.6 is 0 Å². The summed E-state index contributed by atoms with van der Waals surface area (Å²) in [5, 5.41) is 13.9. The molecule has 1 saturated heterocycles. The van der Waals surface area contributed by atoms with Gasteiger partial charge in [0.2, 0.25) is 17.7 Å². The fraction of sp³-hybridized carbons (Fsp3) is 0.296. The average molecular weight is 501 g/mol. The van der Waals surface area contributed by atoms with Crippen molar-refractivity contribution in [3.05, 3.63) is 88.6 Å². The molecule has 1 amide bonds. The molecule has 10 nitrogen and oxygen atoms in total. The van der Waals surface area contributed by atoms with Crippen LogP contribution in [0.5, 0.6) is 11.6 Å². The predicted molar refractivity (Wildman–Crippen MR) is 138 cm³/mol. The lowest BCUT2D eigenvalue weighted by Crippen LogP contribution is -2.45. The molecule has 0 aliphatic carbocycles. The molecule has 0 radical (unpaired) electrons. The first-order chi connectivity index (χ1) is 18.0. The maximum Gasteiger partial charge on any atom is 0.265 e. The number of carbonyl (C=O) groups excluding carboxylic acids is 1. The highest BCUT2D eigenvalue weighted by molar-refractivity contribution is 5.78. The highest BCUT2D eigenvalue weighted by atomic mass is 16.5. The van der Waals surface area contributed by atoms with E-state index in [1.165, 1.54) is 4.40 Å². The number of hydrogen-bond acceptors (Lipinski definition) is 8. The van der Waals surface area contributed by atoms with Crippen molar-refractivity contribution in [1.29, 1.82) is 0 Å². The van der Waals surface area contributed by atoms with Crippen LogP contribution in [-0.4, -0.2) is 56.6 Å². The van der Waals surface area contributed by atoms with Gasteiger partial charge in [0.1, 0.15) is 11.4 Å². The van der Waals surface area contributed by atoms with E-state index in [1.807, 2.05) is 0 Å². The summed E-state index contributed by atoms with van der Waals surface area (Å²) in [5.74, 6) is 0.0688. The van der Waals surface area contributed by atoms with Crippen molar-refractivity contribution in [2.75, 3.05) is 25.1 Å². The highest BCUT2D eigenvalue weighted by Crippen LogP contribution is 2.32. The molecular weight excluding hydrogens is 472 g/mol. The third-order valence-corrected chi connectivity index (χ3v) is 6.70. The number of benzene rings is 1. The van der Waals surface area contributed by atoms with Gasteiger partial charge < -0.3 is 20.1 Å². The van der Waals surface area contributed by atoms with E-state index in [2.05, 4.69) is 25.2 Å². The Bertz CT molecular complexity index is 1430. The zero-order chi connectivity index (χ0) is 25.8. The molecule has 1 aliphatic rings. The van der Waals surface area contributed by atoms with Crippen LogP contribution < -0.4 is 20.5 Å². The smallest absolute Gasteiger partial charge is 0.265 e. The Morgan fingerprint density at radius 1 is 1.11 bits per heavy atom. The molecule has 1 unspecified atom stereocenters. The molecule has 5 rings (SSSR count). The van der Waals surface area contributed by atoms with Crippen molar-refractivity contribution in [3.8, 4) is 11.6 Å². The van der Waals surface area contributed by atoms with Gasteiger partial charge in [-0.3, -0.25) is 14.0 Å². The summed E-state index contributed by atoms with van der Waals surface area (Å²) in [5.41, 5.74) is 0.714. The molecule has 0 bridgehead atoms. The second-order valence-corrected chi connectivity index (χ2v) is 8.99. The summed E-state index contributed by atoms with van der Waals surface area (Å²) in [4.78, 5) is 41.6. The number of piperidine rings is 1. The number of nitrogens with zero attached hydrogens (tertiary/aromatic N) is 5. The van der Waals surface area contributed by atoms with Crippen molar-refractivity contribution in [1.82, 2.24) is 24.7 Å². The summed E-state index contributed by atoms with van der Waals surface area (Å²) < 4.78 is 6.64. The molecule has 1 aromatic carbocycles. The topological polar surface area (TPSA) is 122 Å². The number of amides is 1. The van der Waals surface area contributed by atoms with Crippen molar-refractivity contribution in [3.63, 3.8) is 0 Å². The molecule has 190 valence electrons. The lowest BCUT2D eigenvalue weighted by molar-refractivity contribution is -0.122. The molecule has 3 aromatic heterocycles. The summed E-state index contributed by atoms with van der Waals surface area (Å²) >= 11 is 0. The van der Waals surface area contributed by atoms with Crippen LogP contribution in [0.25, 0.3) is 5.65 Å². The van der Waals surface area contributed by atoms with E-state index >= 15 is 0 Å². The van der Waals surface area contributed by atoms with E-state index in [0.717, 1.165) is 25.9 Å². The number of rotatable bonds is 7. The lowest BCUT2D eigenvalue weighted by atomic mass is 9.88. The number of pyridine rings is 1. The third kappa shape index (κ3) is 5.23. The van der Waals surface area contributed by atoms with E-state index < -0.39 is 11.5 Å². The molecule has 1 fully saturated rings. The number of aromatic nitrogens is 4. The van der Waals surface area contributed by atoms with E-state index in [4.69, 9.17) is 4.74 Å². The van der Waals surface area contributed by atoms with Gasteiger partial charge in [-0.25, -0.2) is 9.97 Å². The molecule has 0 saturated carbocycles. The number of carbonyl (C=O) groups is 1. The summed E-state index contributed by atoms with van der Waals surface area (Å²) in [7, 11) is 1.57. The van der Waals surface area contributed by atoms with Gasteiger partial charge >= 0.3 is 0 Å². The second kappa shape index (κ2) is 10.7. The van der Waals surface area contributed by atoms with E-state index in [0.29, 0.717) is 22.9 Å². The van der Waals surface area contributed by atoms with Crippen molar-refractivity contribution >= 4 is 17.5 Å². The molecule has 1 aliphatic heterocycles. The Morgan fingerprint density at radius 3 is 2.54 bits per heavy atom. The number of anilines is 1. The predicted octanol–water partition coefficient (Wildman–Crippen LogP) is 2.51. The van der Waals surface area contributed by atoms with Gasteiger partial charge in [0.05, 0.1) is 12.7 Å². The minimum Gasteiger partial charge on any atom is -0.497 e. The summed E-state index contributed by atoms with van der Waals surface area (Å²) in [6, 6.07) is 14.0. The molecule has 2 N–H and O–H groups in total. The fourth-order valence-electron chi connectivity index (χ4n) is 4.77. The van der Waals surface area contributed by atoms with Crippen LogP contribution in [0.1, 0.15) is 36.3 Å². The van der Waals surface area contributed by atoms with Gasteiger partial charge in [0.25, 0.3) is 5.56 Å². The summed E-state index contributed by atoms with van der Waals surface area (Å²) in [6.45, 7) is 1.46. The second-order valence-electron chi connectivity index (χ2n) is 8.99. The number of methoxy groups -OCH3 is 1. The van der Waals surface area contributed by atoms with Crippen LogP contribution in [0.3, 0.4) is 0 Å². The maximum absolute atomic E-state index is 13.4. The van der Waals surface area contributed by atoms with Gasteiger partial charge in [-0.15, -0.1) is 0 Å². The van der Waals surface area contributed by atoms with Crippen LogP contribution in [0.2, 0.25) is 0 Å². The number of aromatic hydroxyl groups is 1. The number of hydrogen-bond donors (Lipinski definition) is 2. The standard InChI is InChI=1S/C27H28N6O4/c1-37-20-8-6-18(7-9-20)21(24-25(35)31-22-5-2-3-14-33(22)26(24)36)17-23(34)30-19-10-15-32(16-11-19)27-28-12-4-13-29-27/h2-9,12-14,19,21,35H,10-11,15-17H2,1H3,(H,30,34). The minimum absolute atomic E-state index is 0.00611. The van der Waals surface area contributed by atoms with Gasteiger partial charge in [0, 0.05) is 50.1 Å². The molecule has 0 spiro atoms. The van der Waals surface area contributed by atoms with Crippen molar-refractivity contribution in [2.24, 2.45) is 0 Å². The number of nitrogens with one attached hydrogen (secondary N) is 1. The van der Waals surface area contributed by atoms with Crippen molar-refractivity contribution in [2.45, 2.75) is 31.2 Å². The Balaban J connectivity index is 1.37. The quantitative estimate of drug-likeness (QED) is 0.397. The minimum atomic E-state index is -0.694. The van der Waals surface area contributed by atoms with Gasteiger partial charge in [-0.2, -0.15) is 4.98 Å². The van der Waals surface area contributed by atoms with Crippen LogP contribution in [-0.2, 0) is 4.79 Å². The van der Waals surface area contributed by atoms with Crippen LogP contribution in [0, 0.1) is 0 Å². The molecule has 10 heteroatoms.